The van der Waals surface area contributed by atoms with E-state index in [1.54, 1.807) is 0 Å². The third kappa shape index (κ3) is 20.3. The lowest BCUT2D eigenvalue weighted by atomic mass is 9.54. The van der Waals surface area contributed by atoms with Gasteiger partial charge in [-0.15, -0.1) is 0 Å². The van der Waals surface area contributed by atoms with Crippen LogP contribution in [0, 0.1) is 71.0 Å². The van der Waals surface area contributed by atoms with E-state index in [0.717, 1.165) is 282 Å². The van der Waals surface area contributed by atoms with E-state index in [1.807, 2.05) is 0 Å². The van der Waals surface area contributed by atoms with Gasteiger partial charge in [0, 0.05) is 111 Å². The van der Waals surface area contributed by atoms with Crippen LogP contribution in [0.3, 0.4) is 0 Å². The molecule has 0 bridgehead atoms. The van der Waals surface area contributed by atoms with E-state index in [0.29, 0.717) is 17.3 Å². The number of benzene rings is 3. The van der Waals surface area contributed by atoms with Crippen molar-refractivity contribution < 1.29 is 43.3 Å². The van der Waals surface area contributed by atoms with Gasteiger partial charge >= 0.3 is 17.9 Å². The van der Waals surface area contributed by atoms with Crippen molar-refractivity contribution in [3.8, 4) is 0 Å². The van der Waals surface area contributed by atoms with E-state index < -0.39 is 17.9 Å². The van der Waals surface area contributed by atoms with Crippen LogP contribution in [0.4, 0.5) is 17.1 Å². The normalized spacial score (nSPS) is 27.0. The minimum absolute atomic E-state index is 0.0372. The Hall–Kier alpha value is -6.51. The Morgan fingerprint density at radius 1 is 0.333 bits per heavy atom. The van der Waals surface area contributed by atoms with E-state index in [9.17, 15) is 14.4 Å². The second kappa shape index (κ2) is 40.6. The van der Waals surface area contributed by atoms with Gasteiger partial charge in [0.05, 0.1) is 17.1 Å². The lowest BCUT2D eigenvalue weighted by Gasteiger charge is -2.50. The highest BCUT2D eigenvalue weighted by atomic mass is 16.7. The summed E-state index contributed by atoms with van der Waals surface area (Å²) in [6.07, 6.45) is 36.2. The summed E-state index contributed by atoms with van der Waals surface area (Å²) in [6.45, 7) is 20.3. The molecule has 15 heteroatoms. The second-order valence-corrected chi connectivity index (χ2v) is 32.9. The number of ketones is 3. The van der Waals surface area contributed by atoms with Crippen molar-refractivity contribution in [1.29, 1.82) is 0 Å². The number of Topliss-reactive ketones (excluding diaryl/α,β-unsaturated/α-hetero) is 3. The molecule has 7 fully saturated rings. The smallest absolute Gasteiger partial charge is 0.331 e. The van der Waals surface area contributed by atoms with Crippen LogP contribution in [0.1, 0.15) is 310 Å². The molecule has 0 saturated heterocycles. The number of hydrogen-bond acceptors (Lipinski definition) is 15. The van der Waals surface area contributed by atoms with Crippen molar-refractivity contribution in [1.82, 2.24) is 0 Å². The Kier molecular flexibility index (Phi) is 31.3. The predicted octanol–water partition coefficient (Wildman–Crippen LogP) is 20.8. The molecule has 15 unspecified atom stereocenters. The maximum Gasteiger partial charge on any atom is 0.331 e. The number of nitrogens with zero attached hydrogens (tertiary/aromatic N) is 6. The molecule has 0 aromatic heterocycles. The van der Waals surface area contributed by atoms with Crippen molar-refractivity contribution in [2.45, 2.75) is 312 Å². The number of hydrogen-bond donors (Lipinski definition) is 0. The van der Waals surface area contributed by atoms with E-state index in [1.165, 1.54) is 40.0 Å². The number of oxime groups is 3. The Balaban J connectivity index is 1.02. The van der Waals surface area contributed by atoms with E-state index in [4.69, 9.17) is 14.5 Å². The van der Waals surface area contributed by atoms with Gasteiger partial charge in [-0.1, -0.05) is 209 Å². The largest absolute Gasteiger partial charge is 0.369 e. The summed E-state index contributed by atoms with van der Waals surface area (Å²) >= 11 is 0. The quantitative estimate of drug-likeness (QED) is 0.0227. The zero-order chi connectivity index (χ0) is 74.4. The van der Waals surface area contributed by atoms with Crippen LogP contribution < -0.4 is 14.7 Å². The molecule has 0 N–H and O–H groups in total. The monoisotopic (exact) mass is 1440 g/mol. The lowest BCUT2D eigenvalue weighted by molar-refractivity contribution is -0.141. The van der Waals surface area contributed by atoms with Gasteiger partial charge in [-0.05, 0) is 204 Å². The highest BCUT2D eigenvalue weighted by molar-refractivity contribution is 6.02. The number of carbonyl (C=O) groups is 6. The van der Waals surface area contributed by atoms with E-state index >= 15 is 14.4 Å². The zero-order valence-electron chi connectivity index (χ0n) is 66.0. The lowest BCUT2D eigenvalue weighted by Crippen LogP contribution is -2.51. The second-order valence-electron chi connectivity index (χ2n) is 32.9. The fourth-order valence-electron chi connectivity index (χ4n) is 21.1. The van der Waals surface area contributed by atoms with Crippen LogP contribution in [-0.4, -0.2) is 90.2 Å². The Labute approximate surface area is 631 Å². The molecule has 0 aliphatic heterocycles. The summed E-state index contributed by atoms with van der Waals surface area (Å²) in [5.74, 6) is -1.82. The first-order valence-electron chi connectivity index (χ1n) is 42.6. The molecule has 7 saturated carbocycles. The first-order valence-corrected chi connectivity index (χ1v) is 42.6. The van der Waals surface area contributed by atoms with Gasteiger partial charge in [0.1, 0.15) is 17.3 Å². The van der Waals surface area contributed by atoms with Crippen molar-refractivity contribution in [2.24, 2.45) is 86.5 Å². The number of unbranched alkanes of at least 4 members (excludes halogenated alkanes) is 18. The van der Waals surface area contributed by atoms with E-state index in [2.05, 4.69) is 145 Å². The van der Waals surface area contributed by atoms with Crippen molar-refractivity contribution in [2.75, 3.05) is 34.3 Å². The molecule has 105 heavy (non-hydrogen) atoms. The first kappa shape index (κ1) is 81.0. The minimum Gasteiger partial charge on any atom is -0.369 e. The highest BCUT2D eigenvalue weighted by Crippen LogP contribution is 2.70. The summed E-state index contributed by atoms with van der Waals surface area (Å²) < 4.78 is 0. The van der Waals surface area contributed by atoms with Gasteiger partial charge in [0.2, 0.25) is 0 Å². The molecule has 15 atom stereocenters. The fourth-order valence-corrected chi connectivity index (χ4v) is 21.1. The molecule has 0 spiro atoms. The third-order valence-corrected chi connectivity index (χ3v) is 26.0. The molecule has 10 rings (SSSR count). The Morgan fingerprint density at radius 2 is 0.571 bits per heavy atom. The fraction of sp³-hybridized carbons (Fsp3) is 0.700. The number of carbonyl (C=O) groups excluding carboxylic acids is 6. The van der Waals surface area contributed by atoms with Gasteiger partial charge in [-0.25, -0.2) is 14.4 Å². The first-order chi connectivity index (χ1) is 51.1. The van der Waals surface area contributed by atoms with Gasteiger partial charge in [-0.2, -0.15) is 0 Å². The Bertz CT molecular complexity index is 3020. The molecule has 7 aliphatic rings. The summed E-state index contributed by atoms with van der Waals surface area (Å²) in [6, 6.07) is 26.9. The molecule has 0 amide bonds. The van der Waals surface area contributed by atoms with Crippen molar-refractivity contribution >= 4 is 69.5 Å². The average Bonchev–Trinajstić information content (AvgIpc) is 1.52. The van der Waals surface area contributed by atoms with Crippen LogP contribution in [-0.2, 0) is 43.3 Å². The third-order valence-electron chi connectivity index (χ3n) is 26.0. The van der Waals surface area contributed by atoms with Crippen LogP contribution in [0.5, 0.6) is 0 Å². The molecule has 7 aliphatic carbocycles. The molecular weight excluding hydrogens is 1310 g/mol. The standard InChI is InChI=1S/C90H132N6O9/c1-10-16-22-28-34-79(91-103-61(7)97)64-37-43-67(44-38-64)94(55-31-25-19-13-4)70-49-52-73-76(58-70)82-85(88(73)100)83-78-60-72(96(57-33-27-21-15-6)69-47-41-66(42-48-69)81(93-105-63(9)99)36-30-24-18-12-3)51-54-75(78)90(102)87(83)84-77-59-71(50-53-74(77)89(101)86(82)84)95(56-32-26-20-14-5)68-45-39-65(40-46-68)80(92-104-62(8)98)35-29-23-17-11-2/h37-48,70-78,82-87H,10-36,49-60H2,1-9H3/b91-79-,92-80+,93-81+. The van der Waals surface area contributed by atoms with Crippen LogP contribution in [0.25, 0.3) is 0 Å². The maximum absolute atomic E-state index is 16.4. The van der Waals surface area contributed by atoms with Crippen molar-refractivity contribution in [3.05, 3.63) is 89.5 Å². The SMILES string of the molecule is CCCCCC/C(=N/OC(C)=O)c1ccc(N(CCCCCC)C2CCC3C(=O)C4C(C3C2)C2C(=O)C3CCC(N(CCCCCC)c5ccc(/C(CCCCCC)=N/OC(C)=O)cc5)CC3C2C2C(=O)C3CCC(N(CCCCCC)c5ccc(/C(CCCCCC)=N/OC(C)=O)cc5)CC3C42)cc1. The van der Waals surface area contributed by atoms with Gasteiger partial charge in [0.25, 0.3) is 0 Å². The van der Waals surface area contributed by atoms with Gasteiger partial charge in [-0.3, -0.25) is 14.4 Å². The molecule has 576 valence electrons. The van der Waals surface area contributed by atoms with E-state index in [-0.39, 0.29) is 89.1 Å². The minimum atomic E-state index is -0.429. The molecule has 3 aromatic carbocycles. The highest BCUT2D eigenvalue weighted by Gasteiger charge is 2.73. The summed E-state index contributed by atoms with van der Waals surface area (Å²) in [4.78, 5) is 109. The molecule has 3 aromatic rings. The van der Waals surface area contributed by atoms with Crippen LogP contribution in [0.2, 0.25) is 0 Å². The van der Waals surface area contributed by atoms with Gasteiger partial charge in [0.15, 0.2) is 0 Å². The Morgan fingerprint density at radius 3 is 0.800 bits per heavy atom. The van der Waals surface area contributed by atoms with Crippen LogP contribution >= 0.6 is 0 Å². The molecule has 0 radical (unpaired) electrons. The molecule has 15 nitrogen and oxygen atoms in total. The average molecular weight is 1440 g/mol. The number of anilines is 3. The molecular formula is C90H132N6O9. The van der Waals surface area contributed by atoms with Gasteiger partial charge < -0.3 is 29.2 Å². The summed E-state index contributed by atoms with van der Waals surface area (Å²) in [7, 11) is 0. The topological polar surface area (TPSA) is 177 Å². The van der Waals surface area contributed by atoms with Crippen LogP contribution in [0.15, 0.2) is 88.3 Å². The number of rotatable bonds is 42. The summed E-state index contributed by atoms with van der Waals surface area (Å²) in [5.41, 5.74) is 8.71. The summed E-state index contributed by atoms with van der Waals surface area (Å²) in [5, 5.41) is 13.2. The zero-order valence-corrected chi connectivity index (χ0v) is 66.0. The molecule has 0 heterocycles. The number of fused-ring (bicyclic) bond motifs is 12. The predicted molar refractivity (Wildman–Crippen MR) is 425 cm³/mol. The van der Waals surface area contributed by atoms with Crippen molar-refractivity contribution in [3.63, 3.8) is 0 Å². The maximum atomic E-state index is 16.4.